The molecule has 1 saturated heterocycles. The zero-order valence-corrected chi connectivity index (χ0v) is 25.4. The number of nitrogens with zero attached hydrogens (tertiary/aromatic N) is 4. The fraction of sp³-hybridized carbons (Fsp3) is 0.379. The van der Waals surface area contributed by atoms with E-state index in [1.54, 1.807) is 24.3 Å². The molecule has 2 aliphatic rings. The molecule has 1 fully saturated rings. The second-order valence-corrected chi connectivity index (χ2v) is 12.5. The van der Waals surface area contributed by atoms with Gasteiger partial charge in [-0.2, -0.15) is 18.3 Å². The van der Waals surface area contributed by atoms with Crippen molar-refractivity contribution in [2.45, 2.75) is 36.2 Å². The number of sulfone groups is 1. The highest BCUT2D eigenvalue weighted by molar-refractivity contribution is 7.90. The lowest BCUT2D eigenvalue weighted by Gasteiger charge is -2.39. The smallest absolute Gasteiger partial charge is 0.491 e. The number of carbonyl (C=O) groups excluding carboxylic acids is 3. The Morgan fingerprint density at radius 3 is 2.09 bits per heavy atom. The molecule has 45 heavy (non-hydrogen) atoms. The van der Waals surface area contributed by atoms with Gasteiger partial charge in [0.05, 0.1) is 12.8 Å². The predicted octanol–water partition coefficient (Wildman–Crippen LogP) is 2.59. The number of nitrogens with one attached hydrogen (secondary N) is 1. The average Bonchev–Trinajstić information content (AvgIpc) is 3.69. The number of halogens is 3. The number of carbonyl (C=O) groups is 3. The maximum absolute atomic E-state index is 14.0. The first-order valence-corrected chi connectivity index (χ1v) is 15.8. The van der Waals surface area contributed by atoms with Gasteiger partial charge >= 0.3 is 12.1 Å². The van der Waals surface area contributed by atoms with Crippen LogP contribution in [-0.4, -0.2) is 87.1 Å². The number of likely N-dealkylation sites (tertiary alicyclic amines) is 1. The molecule has 2 amide bonds. The highest BCUT2D eigenvalue weighted by Gasteiger charge is 2.55. The number of esters is 1. The van der Waals surface area contributed by atoms with E-state index in [9.17, 15) is 36.0 Å². The molecule has 3 heterocycles. The van der Waals surface area contributed by atoms with Gasteiger partial charge in [0.25, 0.3) is 17.5 Å². The molecule has 0 aliphatic carbocycles. The van der Waals surface area contributed by atoms with Crippen molar-refractivity contribution in [1.29, 1.82) is 0 Å². The van der Waals surface area contributed by atoms with Crippen molar-refractivity contribution in [1.82, 2.24) is 20.0 Å². The van der Waals surface area contributed by atoms with Gasteiger partial charge in [-0.3, -0.25) is 14.5 Å². The summed E-state index contributed by atoms with van der Waals surface area (Å²) < 4.78 is 76.7. The number of fused-ring (bicyclic) bond motifs is 1. The van der Waals surface area contributed by atoms with Crippen LogP contribution in [0.15, 0.2) is 53.6 Å². The van der Waals surface area contributed by atoms with Crippen LogP contribution in [-0.2, 0) is 36.3 Å². The summed E-state index contributed by atoms with van der Waals surface area (Å²) in [6, 6.07) is 12.0. The van der Waals surface area contributed by atoms with Crippen LogP contribution >= 0.6 is 0 Å². The fourth-order valence-electron chi connectivity index (χ4n) is 5.67. The Balaban J connectivity index is 1.56. The minimum absolute atomic E-state index is 0.0341. The van der Waals surface area contributed by atoms with Crippen molar-refractivity contribution in [2.24, 2.45) is 0 Å². The van der Waals surface area contributed by atoms with Crippen molar-refractivity contribution in [3.8, 4) is 11.4 Å². The molecule has 1 unspecified atom stereocenters. The maximum atomic E-state index is 14.0. The summed E-state index contributed by atoms with van der Waals surface area (Å²) in [4.78, 5) is 42.0. The molecule has 1 N–H and O–H groups in total. The van der Waals surface area contributed by atoms with Crippen molar-refractivity contribution in [2.75, 3.05) is 44.9 Å². The molecule has 12 nitrogen and oxygen atoms in total. The number of methoxy groups -OCH3 is 1. The molecule has 240 valence electrons. The van der Waals surface area contributed by atoms with Crippen LogP contribution in [0, 0.1) is 0 Å². The standard InChI is InChI=1S/C29H30F3N5O7S/c1-33-26(39)28(35-15-4-5-16-35,44-27(40)29(30,31)32)18-6-8-19(9-7-18)36-17-14-22-23(25(36)38)37(34-24(22)45(3,41)42)20-10-12-21(43-2)13-11-20/h6-13H,4-5,14-17H2,1-3H3,(H,33,39). The van der Waals surface area contributed by atoms with Crippen LogP contribution in [0.25, 0.3) is 5.69 Å². The SMILES string of the molecule is CNC(=O)C(OC(=O)C(F)(F)F)(c1ccc(N2CCc3c(S(C)(=O)=O)nn(-c4ccc(OC)cc4)c3C2=O)cc1)N1CCCC1. The number of hydrogen-bond donors (Lipinski definition) is 1. The minimum Gasteiger partial charge on any atom is -0.497 e. The van der Waals surface area contributed by atoms with Crippen molar-refractivity contribution in [3.05, 3.63) is 65.4 Å². The van der Waals surface area contributed by atoms with Gasteiger partial charge in [-0.15, -0.1) is 0 Å². The van der Waals surface area contributed by atoms with Gasteiger partial charge in [0.15, 0.2) is 14.9 Å². The Morgan fingerprint density at radius 1 is 0.956 bits per heavy atom. The first kappa shape index (κ1) is 32.0. The molecular weight excluding hydrogens is 619 g/mol. The molecule has 0 saturated carbocycles. The molecule has 5 rings (SSSR count). The van der Waals surface area contributed by atoms with Crippen molar-refractivity contribution in [3.63, 3.8) is 0 Å². The van der Waals surface area contributed by atoms with Crippen LogP contribution in [0.2, 0.25) is 0 Å². The first-order chi connectivity index (χ1) is 21.2. The quantitative estimate of drug-likeness (QED) is 0.365. The van der Waals surface area contributed by atoms with Gasteiger partial charge in [-0.1, -0.05) is 12.1 Å². The van der Waals surface area contributed by atoms with E-state index in [2.05, 4.69) is 10.4 Å². The highest BCUT2D eigenvalue weighted by Crippen LogP contribution is 2.38. The first-order valence-electron chi connectivity index (χ1n) is 13.9. The van der Waals surface area contributed by atoms with Crippen molar-refractivity contribution < 1.29 is 45.4 Å². The van der Waals surface area contributed by atoms with Gasteiger partial charge in [0, 0.05) is 49.8 Å². The summed E-state index contributed by atoms with van der Waals surface area (Å²) >= 11 is 0. The predicted molar refractivity (Wildman–Crippen MR) is 154 cm³/mol. The van der Waals surface area contributed by atoms with Gasteiger partial charge in [0.2, 0.25) is 0 Å². The Labute approximate surface area is 256 Å². The molecule has 2 aliphatic heterocycles. The molecule has 0 spiro atoms. The summed E-state index contributed by atoms with van der Waals surface area (Å²) in [5.41, 5.74) is -1.43. The number of alkyl halides is 3. The number of hydrogen-bond acceptors (Lipinski definition) is 9. The number of anilines is 1. The number of benzene rings is 2. The number of amides is 2. The van der Waals surface area contributed by atoms with Crippen LogP contribution in [0.5, 0.6) is 5.75 Å². The molecule has 1 aromatic heterocycles. The number of likely N-dealkylation sites (N-methyl/N-ethyl adjacent to an activating group) is 1. The van der Waals surface area contributed by atoms with E-state index in [0.717, 1.165) is 6.26 Å². The van der Waals surface area contributed by atoms with E-state index in [-0.39, 0.29) is 47.9 Å². The highest BCUT2D eigenvalue weighted by atomic mass is 32.2. The second-order valence-electron chi connectivity index (χ2n) is 10.6. The van der Waals surface area contributed by atoms with E-state index in [1.807, 2.05) is 0 Å². The zero-order valence-electron chi connectivity index (χ0n) is 24.6. The van der Waals surface area contributed by atoms with Gasteiger partial charge in [0.1, 0.15) is 11.4 Å². The molecule has 0 radical (unpaired) electrons. The summed E-state index contributed by atoms with van der Waals surface area (Å²) in [6.45, 7) is 0.467. The lowest BCUT2D eigenvalue weighted by Crippen LogP contribution is -2.58. The Hall–Kier alpha value is -4.44. The largest absolute Gasteiger partial charge is 0.497 e. The lowest BCUT2D eigenvalue weighted by molar-refractivity contribution is -0.231. The molecule has 3 aromatic rings. The van der Waals surface area contributed by atoms with Gasteiger partial charge < -0.3 is 19.7 Å². The van der Waals surface area contributed by atoms with E-state index in [4.69, 9.17) is 9.47 Å². The van der Waals surface area contributed by atoms with Crippen LogP contribution < -0.4 is 15.0 Å². The van der Waals surface area contributed by atoms with Crippen molar-refractivity contribution >= 4 is 33.3 Å². The lowest BCUT2D eigenvalue weighted by atomic mass is 9.98. The second kappa shape index (κ2) is 11.8. The van der Waals surface area contributed by atoms with E-state index in [0.29, 0.717) is 30.0 Å². The molecule has 0 bridgehead atoms. The molecular formula is C29H30F3N5O7S. The molecule has 1 atom stereocenters. The summed E-state index contributed by atoms with van der Waals surface area (Å²) in [5, 5.41) is 6.39. The van der Waals surface area contributed by atoms with Crippen LogP contribution in [0.4, 0.5) is 18.9 Å². The van der Waals surface area contributed by atoms with Gasteiger partial charge in [-0.25, -0.2) is 17.9 Å². The summed E-state index contributed by atoms with van der Waals surface area (Å²) in [6.07, 6.45) is -3.06. The minimum atomic E-state index is -5.35. The Kier molecular flexibility index (Phi) is 8.39. The number of ether oxygens (including phenoxy) is 2. The molecule has 2 aromatic carbocycles. The normalized spacial score (nSPS) is 17.0. The third-order valence-electron chi connectivity index (χ3n) is 7.78. The topological polar surface area (TPSA) is 140 Å². The Bertz CT molecular complexity index is 1740. The van der Waals surface area contributed by atoms with Crippen LogP contribution in [0.3, 0.4) is 0 Å². The van der Waals surface area contributed by atoms with Gasteiger partial charge in [-0.05, 0) is 55.7 Å². The van der Waals surface area contributed by atoms with E-state index < -0.39 is 39.5 Å². The molecule has 16 heteroatoms. The van der Waals surface area contributed by atoms with Crippen LogP contribution in [0.1, 0.15) is 34.5 Å². The summed E-state index contributed by atoms with van der Waals surface area (Å²) in [5.74, 6) is -3.51. The van der Waals surface area contributed by atoms with E-state index >= 15 is 0 Å². The monoisotopic (exact) mass is 649 g/mol. The maximum Gasteiger partial charge on any atom is 0.491 e. The summed E-state index contributed by atoms with van der Waals surface area (Å²) in [7, 11) is -1.09. The number of aromatic nitrogens is 2. The number of rotatable bonds is 8. The third kappa shape index (κ3) is 5.75. The van der Waals surface area contributed by atoms with E-state index in [1.165, 1.54) is 52.9 Å². The average molecular weight is 650 g/mol. The zero-order chi connectivity index (χ0) is 32.7. The third-order valence-corrected chi connectivity index (χ3v) is 8.81. The fourth-order valence-corrected chi connectivity index (χ4v) is 6.55. The Morgan fingerprint density at radius 2 is 1.56 bits per heavy atom.